The number of piperazine rings is 1. The molecule has 1 saturated carbocycles. The fraction of sp³-hybridized carbons (Fsp3) is 0.387. The molecule has 2 aromatic rings. The SMILES string of the molecule is C=C/C=C1/O[C@@H]2[C@H](NC(=O)Nc3ccc(N4CCN(C)CC4)c(C(F)(F)F)c3)[C@@H]2/C1=C/COc1ccnc2c1CCC(=O)N2. The van der Waals surface area contributed by atoms with Crippen molar-refractivity contribution in [2.75, 3.05) is 55.4 Å². The number of alkyl halides is 3. The molecule has 13 heteroatoms. The summed E-state index contributed by atoms with van der Waals surface area (Å²) in [4.78, 5) is 32.6. The second kappa shape index (κ2) is 11.9. The molecule has 1 aromatic heterocycles. The number of ether oxygens (including phenoxy) is 2. The standard InChI is InChI=1S/C31H33F3N6O4/c1-3-4-24-19(10-16-43-23-9-11-35-29-20(23)6-8-25(41)37-29)26-27(28(26)44-24)38-30(42)36-18-5-7-22(21(17-18)31(32,33)34)40-14-12-39(2)13-15-40/h3-5,7,9-11,17,26-28H,1,6,8,12-16H2,2H3,(H,35,37,41)(H2,36,38,42)/b19-10+,24-4+/t26-,27+,28-/m0/s1. The largest absolute Gasteiger partial charge is 0.489 e. The highest BCUT2D eigenvalue weighted by Crippen LogP contribution is 2.51. The van der Waals surface area contributed by atoms with Gasteiger partial charge in [0.1, 0.15) is 30.0 Å². The zero-order valence-electron chi connectivity index (χ0n) is 24.1. The minimum Gasteiger partial charge on any atom is -0.489 e. The van der Waals surface area contributed by atoms with Crippen molar-refractivity contribution in [2.45, 2.75) is 31.2 Å². The minimum absolute atomic E-state index is 0.0488. The summed E-state index contributed by atoms with van der Waals surface area (Å²) in [5.41, 5.74) is 1.05. The maximum absolute atomic E-state index is 14.0. The zero-order valence-corrected chi connectivity index (χ0v) is 24.1. The number of urea groups is 1. The molecular formula is C31H33F3N6O4. The van der Waals surface area contributed by atoms with Crippen LogP contribution in [-0.4, -0.2) is 73.8 Å². The molecule has 2 saturated heterocycles. The molecule has 3 amide bonds. The summed E-state index contributed by atoms with van der Waals surface area (Å²) in [6, 6.07) is 4.65. The van der Waals surface area contributed by atoms with Gasteiger partial charge in [0.15, 0.2) is 0 Å². The maximum Gasteiger partial charge on any atom is 0.418 e. The van der Waals surface area contributed by atoms with Gasteiger partial charge in [0.05, 0.1) is 17.5 Å². The summed E-state index contributed by atoms with van der Waals surface area (Å²) in [5, 5.41) is 8.14. The first-order chi connectivity index (χ1) is 21.1. The highest BCUT2D eigenvalue weighted by atomic mass is 19.4. The molecule has 44 heavy (non-hydrogen) atoms. The van der Waals surface area contributed by atoms with Crippen molar-refractivity contribution in [3.8, 4) is 5.75 Å². The number of benzene rings is 1. The van der Waals surface area contributed by atoms with E-state index >= 15 is 0 Å². The molecule has 3 atom stereocenters. The van der Waals surface area contributed by atoms with E-state index in [-0.39, 0.29) is 42.0 Å². The van der Waals surface area contributed by atoms with Crippen molar-refractivity contribution in [1.29, 1.82) is 0 Å². The van der Waals surface area contributed by atoms with Crippen LogP contribution in [-0.2, 0) is 22.1 Å². The van der Waals surface area contributed by atoms with Gasteiger partial charge < -0.3 is 35.2 Å². The number of likely N-dealkylation sites (N-methyl/N-ethyl adjacent to an activating group) is 1. The van der Waals surface area contributed by atoms with Crippen LogP contribution in [0.15, 0.2) is 66.6 Å². The summed E-state index contributed by atoms with van der Waals surface area (Å²) in [5.74, 6) is 1.51. The first-order valence-corrected chi connectivity index (χ1v) is 14.4. The van der Waals surface area contributed by atoms with E-state index in [1.807, 2.05) is 13.1 Å². The average molecular weight is 611 g/mol. The van der Waals surface area contributed by atoms with Gasteiger partial charge in [-0.3, -0.25) is 4.79 Å². The molecule has 4 heterocycles. The molecule has 0 bridgehead atoms. The number of amides is 3. The van der Waals surface area contributed by atoms with Crippen molar-refractivity contribution in [1.82, 2.24) is 15.2 Å². The molecule has 3 aliphatic heterocycles. The average Bonchev–Trinajstić information content (AvgIpc) is 3.50. The van der Waals surface area contributed by atoms with E-state index in [1.165, 1.54) is 12.1 Å². The molecule has 0 unspecified atom stereocenters. The fourth-order valence-corrected chi connectivity index (χ4v) is 5.93. The summed E-state index contributed by atoms with van der Waals surface area (Å²) in [6.45, 7) is 6.26. The van der Waals surface area contributed by atoms with Gasteiger partial charge in [-0.2, -0.15) is 13.2 Å². The van der Waals surface area contributed by atoms with E-state index in [0.717, 1.165) is 17.2 Å². The lowest BCUT2D eigenvalue weighted by atomic mass is 10.1. The highest BCUT2D eigenvalue weighted by molar-refractivity contribution is 5.93. The number of allylic oxidation sites excluding steroid dienone is 3. The summed E-state index contributed by atoms with van der Waals surface area (Å²) in [6.07, 6.45) is 2.78. The maximum atomic E-state index is 14.0. The van der Waals surface area contributed by atoms with E-state index in [1.54, 1.807) is 29.3 Å². The molecule has 1 aliphatic carbocycles. The Hall–Kier alpha value is -4.52. The third kappa shape index (κ3) is 6.09. The number of hydrogen-bond donors (Lipinski definition) is 3. The van der Waals surface area contributed by atoms with Crippen molar-refractivity contribution >= 4 is 29.1 Å². The van der Waals surface area contributed by atoms with E-state index in [9.17, 15) is 22.8 Å². The zero-order chi connectivity index (χ0) is 31.0. The molecule has 0 radical (unpaired) electrons. The van der Waals surface area contributed by atoms with Crippen LogP contribution in [0.1, 0.15) is 17.5 Å². The number of fused-ring (bicyclic) bond motifs is 2. The van der Waals surface area contributed by atoms with Crippen molar-refractivity contribution in [3.05, 3.63) is 77.7 Å². The Bertz CT molecular complexity index is 1530. The first kappa shape index (κ1) is 29.5. The number of rotatable bonds is 7. The van der Waals surface area contributed by atoms with Crippen LogP contribution in [0.3, 0.4) is 0 Å². The van der Waals surface area contributed by atoms with E-state index in [4.69, 9.17) is 9.47 Å². The Morgan fingerprint density at radius 2 is 2.02 bits per heavy atom. The monoisotopic (exact) mass is 610 g/mol. The van der Waals surface area contributed by atoms with Gasteiger partial charge in [0.25, 0.3) is 0 Å². The molecule has 6 rings (SSSR count). The van der Waals surface area contributed by atoms with Crippen molar-refractivity contribution < 1.29 is 32.2 Å². The van der Waals surface area contributed by atoms with Crippen molar-refractivity contribution in [2.24, 2.45) is 5.92 Å². The molecular weight excluding hydrogens is 577 g/mol. The van der Waals surface area contributed by atoms with E-state index < -0.39 is 17.8 Å². The summed E-state index contributed by atoms with van der Waals surface area (Å²) in [7, 11) is 1.94. The van der Waals surface area contributed by atoms with Crippen LogP contribution in [0.5, 0.6) is 5.75 Å². The molecule has 0 spiro atoms. The van der Waals surface area contributed by atoms with E-state index in [0.29, 0.717) is 56.3 Å². The molecule has 232 valence electrons. The number of anilines is 3. The lowest BCUT2D eigenvalue weighted by molar-refractivity contribution is -0.137. The van der Waals surface area contributed by atoms with Gasteiger partial charge in [0.2, 0.25) is 5.91 Å². The Balaban J connectivity index is 1.10. The van der Waals surface area contributed by atoms with Crippen LogP contribution in [0.4, 0.5) is 35.2 Å². The summed E-state index contributed by atoms with van der Waals surface area (Å²) < 4.78 is 54.0. The fourth-order valence-electron chi connectivity index (χ4n) is 5.93. The number of aromatic nitrogens is 1. The Morgan fingerprint density at radius 3 is 2.77 bits per heavy atom. The molecule has 4 aliphatic rings. The van der Waals surface area contributed by atoms with Gasteiger partial charge in [-0.05, 0) is 49.9 Å². The third-order valence-corrected chi connectivity index (χ3v) is 8.25. The third-order valence-electron chi connectivity index (χ3n) is 8.25. The van der Waals surface area contributed by atoms with Crippen molar-refractivity contribution in [3.63, 3.8) is 0 Å². The lowest BCUT2D eigenvalue weighted by Gasteiger charge is -2.35. The van der Waals surface area contributed by atoms with Crippen LogP contribution in [0.2, 0.25) is 0 Å². The van der Waals surface area contributed by atoms with Gasteiger partial charge >= 0.3 is 12.2 Å². The number of nitrogens with zero attached hydrogens (tertiary/aromatic N) is 3. The minimum atomic E-state index is -4.58. The Morgan fingerprint density at radius 1 is 1.23 bits per heavy atom. The Kier molecular flexibility index (Phi) is 7.97. The number of carbonyl (C=O) groups excluding carboxylic acids is 2. The topological polar surface area (TPSA) is 108 Å². The summed E-state index contributed by atoms with van der Waals surface area (Å²) >= 11 is 0. The number of pyridine rings is 1. The first-order valence-electron chi connectivity index (χ1n) is 14.4. The van der Waals surface area contributed by atoms with E-state index in [2.05, 4.69) is 32.4 Å². The van der Waals surface area contributed by atoms with Gasteiger partial charge in [-0.15, -0.1) is 0 Å². The predicted molar refractivity (Wildman–Crippen MR) is 159 cm³/mol. The number of hydrogen-bond acceptors (Lipinski definition) is 7. The molecule has 1 aromatic carbocycles. The normalized spacial score (nSPS) is 24.7. The highest BCUT2D eigenvalue weighted by Gasteiger charge is 2.61. The predicted octanol–water partition coefficient (Wildman–Crippen LogP) is 4.33. The van der Waals surface area contributed by atoms with Gasteiger partial charge in [-0.1, -0.05) is 12.7 Å². The van der Waals surface area contributed by atoms with Crippen LogP contribution in [0, 0.1) is 5.92 Å². The number of nitrogens with one attached hydrogen (secondary N) is 3. The Labute approximate surface area is 252 Å². The molecule has 3 N–H and O–H groups in total. The molecule has 3 fully saturated rings. The number of carbonyl (C=O) groups is 2. The second-order valence-electron chi connectivity index (χ2n) is 11.2. The van der Waals surface area contributed by atoms with Crippen LogP contribution in [0.25, 0.3) is 0 Å². The lowest BCUT2D eigenvalue weighted by Crippen LogP contribution is -2.45. The second-order valence-corrected chi connectivity index (χ2v) is 11.2. The quantitative estimate of drug-likeness (QED) is 0.429. The molecule has 10 nitrogen and oxygen atoms in total. The van der Waals surface area contributed by atoms with Crippen LogP contribution >= 0.6 is 0 Å². The van der Waals surface area contributed by atoms with Gasteiger partial charge in [-0.25, -0.2) is 9.78 Å². The van der Waals surface area contributed by atoms with Gasteiger partial charge in [0, 0.05) is 61.3 Å². The van der Waals surface area contributed by atoms with Crippen LogP contribution < -0.4 is 25.6 Å². The number of halogens is 3. The smallest absolute Gasteiger partial charge is 0.418 e.